The number of rotatable bonds is 4. The van der Waals surface area contributed by atoms with Gasteiger partial charge >= 0.3 is 0 Å². The maximum absolute atomic E-state index is 13.3. The van der Waals surface area contributed by atoms with E-state index < -0.39 is 10.0 Å². The standard InChI is InChI=1S/C27H28ClN3O4S/c1-17-5-6-21(15-25(17)28)31-18(2)13-20(19(31)3)14-24-23-16-22(7-8-26(23)29(4)27(24)32)36(33,34)30-9-11-35-12-10-30/h5-8,13-16H,9-12H2,1-4H3/b24-14-. The number of aromatic nitrogens is 1. The smallest absolute Gasteiger partial charge is 0.258 e. The van der Waals surface area contributed by atoms with Crippen LogP contribution in [0, 0.1) is 20.8 Å². The maximum atomic E-state index is 13.3. The SMILES string of the molecule is Cc1ccc(-n2c(C)cc(/C=C3\C(=O)N(C)c4ccc(S(=O)(=O)N5CCOCC5)cc43)c2C)cc1Cl. The Balaban J connectivity index is 1.59. The molecule has 0 bridgehead atoms. The number of carbonyl (C=O) groups excluding carboxylic acids is 1. The first kappa shape index (κ1) is 24.8. The molecular formula is C27H28ClN3O4S. The number of amides is 1. The summed E-state index contributed by atoms with van der Waals surface area (Å²) in [4.78, 5) is 15.0. The lowest BCUT2D eigenvalue weighted by Gasteiger charge is -2.26. The third-order valence-electron chi connectivity index (χ3n) is 6.95. The highest BCUT2D eigenvalue weighted by Gasteiger charge is 2.33. The van der Waals surface area contributed by atoms with Gasteiger partial charge in [-0.15, -0.1) is 0 Å². The summed E-state index contributed by atoms with van der Waals surface area (Å²) in [6, 6.07) is 12.9. The minimum absolute atomic E-state index is 0.172. The zero-order chi connectivity index (χ0) is 25.8. The highest BCUT2D eigenvalue weighted by atomic mass is 35.5. The van der Waals surface area contributed by atoms with Crippen molar-refractivity contribution in [2.45, 2.75) is 25.7 Å². The van der Waals surface area contributed by atoms with E-state index in [1.807, 2.05) is 51.1 Å². The molecule has 188 valence electrons. The van der Waals surface area contributed by atoms with E-state index in [0.717, 1.165) is 28.2 Å². The number of hydrogen-bond acceptors (Lipinski definition) is 4. The lowest BCUT2D eigenvalue weighted by atomic mass is 10.0. The molecule has 0 radical (unpaired) electrons. The number of sulfonamides is 1. The summed E-state index contributed by atoms with van der Waals surface area (Å²) in [6.07, 6.45) is 1.85. The number of ether oxygens (including phenoxy) is 1. The normalized spacial score (nSPS) is 17.8. The summed E-state index contributed by atoms with van der Waals surface area (Å²) in [5, 5.41) is 0.690. The van der Waals surface area contributed by atoms with Crippen LogP contribution in [-0.2, 0) is 19.6 Å². The maximum Gasteiger partial charge on any atom is 0.258 e. The monoisotopic (exact) mass is 525 g/mol. The molecule has 9 heteroatoms. The van der Waals surface area contributed by atoms with Crippen molar-refractivity contribution in [2.75, 3.05) is 38.3 Å². The minimum Gasteiger partial charge on any atom is -0.379 e. The van der Waals surface area contributed by atoms with Gasteiger partial charge in [0.1, 0.15) is 0 Å². The van der Waals surface area contributed by atoms with Crippen molar-refractivity contribution in [1.82, 2.24) is 8.87 Å². The van der Waals surface area contributed by atoms with Gasteiger partial charge in [0.2, 0.25) is 10.0 Å². The number of anilines is 1. The molecular weight excluding hydrogens is 498 g/mol. The number of carbonyl (C=O) groups is 1. The van der Waals surface area contributed by atoms with Crippen LogP contribution in [0.3, 0.4) is 0 Å². The average molecular weight is 526 g/mol. The number of benzene rings is 2. The molecule has 3 aromatic rings. The van der Waals surface area contributed by atoms with E-state index in [0.29, 0.717) is 48.1 Å². The average Bonchev–Trinajstić information content (AvgIpc) is 3.28. The highest BCUT2D eigenvalue weighted by molar-refractivity contribution is 7.89. The molecule has 1 amide bonds. The first-order valence-electron chi connectivity index (χ1n) is 11.8. The fourth-order valence-electron chi connectivity index (χ4n) is 4.87. The molecule has 1 saturated heterocycles. The Labute approximate surface area is 216 Å². The molecule has 0 unspecified atom stereocenters. The van der Waals surface area contributed by atoms with Gasteiger partial charge in [0, 0.05) is 53.4 Å². The number of hydrogen-bond donors (Lipinski definition) is 0. The number of fused-ring (bicyclic) bond motifs is 1. The Hall–Kier alpha value is -2.91. The van der Waals surface area contributed by atoms with Gasteiger partial charge < -0.3 is 14.2 Å². The molecule has 2 aromatic carbocycles. The molecule has 0 atom stereocenters. The summed E-state index contributed by atoms with van der Waals surface area (Å²) in [5.74, 6) is -0.172. The molecule has 5 rings (SSSR count). The molecule has 0 spiro atoms. The number of halogens is 1. The zero-order valence-electron chi connectivity index (χ0n) is 20.7. The van der Waals surface area contributed by atoms with Gasteiger partial charge in [-0.05, 0) is 74.4 Å². The van der Waals surface area contributed by atoms with E-state index >= 15 is 0 Å². The van der Waals surface area contributed by atoms with Crippen molar-refractivity contribution >= 4 is 44.9 Å². The van der Waals surface area contributed by atoms with E-state index in [1.54, 1.807) is 30.1 Å². The molecule has 0 aliphatic carbocycles. The van der Waals surface area contributed by atoms with Crippen molar-refractivity contribution in [3.8, 4) is 5.69 Å². The van der Waals surface area contributed by atoms with Gasteiger partial charge in [-0.2, -0.15) is 4.31 Å². The van der Waals surface area contributed by atoms with Crippen LogP contribution in [0.2, 0.25) is 5.02 Å². The fourth-order valence-corrected chi connectivity index (χ4v) is 6.48. The topological polar surface area (TPSA) is 71.9 Å². The second-order valence-electron chi connectivity index (χ2n) is 9.21. The third-order valence-corrected chi connectivity index (χ3v) is 9.25. The van der Waals surface area contributed by atoms with Gasteiger partial charge in [-0.1, -0.05) is 17.7 Å². The molecule has 0 saturated carbocycles. The number of aryl methyl sites for hydroxylation is 2. The summed E-state index contributed by atoms with van der Waals surface area (Å²) in [7, 11) is -1.99. The van der Waals surface area contributed by atoms with Crippen LogP contribution < -0.4 is 4.90 Å². The van der Waals surface area contributed by atoms with Gasteiger partial charge in [0.25, 0.3) is 5.91 Å². The van der Waals surface area contributed by atoms with E-state index in [2.05, 4.69) is 4.57 Å². The second-order valence-corrected chi connectivity index (χ2v) is 11.6. The second kappa shape index (κ2) is 9.19. The summed E-state index contributed by atoms with van der Waals surface area (Å²) < 4.78 is 35.4. The Bertz CT molecular complexity index is 1520. The Morgan fingerprint density at radius 3 is 2.42 bits per heavy atom. The Morgan fingerprint density at radius 1 is 1.00 bits per heavy atom. The predicted molar refractivity (Wildman–Crippen MR) is 142 cm³/mol. The predicted octanol–water partition coefficient (Wildman–Crippen LogP) is 4.59. The van der Waals surface area contributed by atoms with Gasteiger partial charge in [0.15, 0.2) is 0 Å². The third kappa shape index (κ3) is 4.08. The van der Waals surface area contributed by atoms with Gasteiger partial charge in [0.05, 0.1) is 23.8 Å². The number of morpholine rings is 1. The molecule has 3 heterocycles. The van der Waals surface area contributed by atoms with Crippen LogP contribution >= 0.6 is 11.6 Å². The lowest BCUT2D eigenvalue weighted by Crippen LogP contribution is -2.40. The number of likely N-dealkylation sites (N-methyl/N-ethyl adjacent to an activating group) is 1. The van der Waals surface area contributed by atoms with Crippen molar-refractivity contribution in [3.05, 3.63) is 75.6 Å². The summed E-state index contributed by atoms with van der Waals surface area (Å²) in [5.41, 5.74) is 6.56. The van der Waals surface area contributed by atoms with Crippen LogP contribution in [0.25, 0.3) is 17.3 Å². The molecule has 36 heavy (non-hydrogen) atoms. The van der Waals surface area contributed by atoms with Crippen LogP contribution in [0.15, 0.2) is 47.4 Å². The molecule has 0 N–H and O–H groups in total. The fraction of sp³-hybridized carbons (Fsp3) is 0.296. The molecule has 2 aliphatic heterocycles. The minimum atomic E-state index is -3.69. The van der Waals surface area contributed by atoms with Gasteiger partial charge in [-0.25, -0.2) is 8.42 Å². The summed E-state index contributed by atoms with van der Waals surface area (Å²) in [6.45, 7) is 7.34. The Kier molecular flexibility index (Phi) is 6.32. The quantitative estimate of drug-likeness (QED) is 0.467. The van der Waals surface area contributed by atoms with E-state index in [-0.39, 0.29) is 10.8 Å². The zero-order valence-corrected chi connectivity index (χ0v) is 22.3. The van der Waals surface area contributed by atoms with Crippen LogP contribution in [0.4, 0.5) is 5.69 Å². The van der Waals surface area contributed by atoms with E-state index in [4.69, 9.17) is 16.3 Å². The highest BCUT2D eigenvalue weighted by Crippen LogP contribution is 2.39. The van der Waals surface area contributed by atoms with Crippen LogP contribution in [-0.4, -0.2) is 56.5 Å². The van der Waals surface area contributed by atoms with Crippen molar-refractivity contribution in [3.63, 3.8) is 0 Å². The van der Waals surface area contributed by atoms with Crippen molar-refractivity contribution < 1.29 is 17.9 Å². The summed E-state index contributed by atoms with van der Waals surface area (Å²) >= 11 is 6.38. The molecule has 1 fully saturated rings. The van der Waals surface area contributed by atoms with Crippen molar-refractivity contribution in [1.29, 1.82) is 0 Å². The largest absolute Gasteiger partial charge is 0.379 e. The molecule has 2 aliphatic rings. The molecule has 7 nitrogen and oxygen atoms in total. The Morgan fingerprint density at radius 2 is 1.72 bits per heavy atom. The first-order valence-corrected chi connectivity index (χ1v) is 13.6. The first-order chi connectivity index (χ1) is 17.1. The number of nitrogens with zero attached hydrogens (tertiary/aromatic N) is 3. The van der Waals surface area contributed by atoms with Crippen LogP contribution in [0.5, 0.6) is 0 Å². The molecule has 1 aromatic heterocycles. The van der Waals surface area contributed by atoms with Crippen molar-refractivity contribution in [2.24, 2.45) is 0 Å². The van der Waals surface area contributed by atoms with Crippen LogP contribution in [0.1, 0.15) is 28.1 Å². The van der Waals surface area contributed by atoms with Gasteiger partial charge in [-0.3, -0.25) is 4.79 Å². The van der Waals surface area contributed by atoms with E-state index in [1.165, 1.54) is 4.31 Å². The van der Waals surface area contributed by atoms with E-state index in [9.17, 15) is 13.2 Å². The lowest BCUT2D eigenvalue weighted by molar-refractivity contribution is -0.112.